The fourth-order valence-electron chi connectivity index (χ4n) is 1.82. The third-order valence-electron chi connectivity index (χ3n) is 3.00. The highest BCUT2D eigenvalue weighted by Gasteiger charge is 2.23. The zero-order valence-corrected chi connectivity index (χ0v) is 12.5. The van der Waals surface area contributed by atoms with E-state index in [2.05, 4.69) is 10.1 Å². The summed E-state index contributed by atoms with van der Waals surface area (Å²) in [5.74, 6) is -0.999. The molecule has 3 N–H and O–H groups in total. The molecule has 3 amide bonds. The maximum Gasteiger partial charge on any atom is 0.342 e. The normalized spacial score (nSPS) is 11.6. The molecule has 0 saturated carbocycles. The van der Waals surface area contributed by atoms with E-state index in [1.165, 1.54) is 17.8 Å². The van der Waals surface area contributed by atoms with Gasteiger partial charge in [-0.1, -0.05) is 6.07 Å². The van der Waals surface area contributed by atoms with Gasteiger partial charge in [0.25, 0.3) is 5.91 Å². The Balaban J connectivity index is 2.14. The van der Waals surface area contributed by atoms with E-state index < -0.39 is 24.0 Å². The predicted molar refractivity (Wildman–Crippen MR) is 78.7 cm³/mol. The van der Waals surface area contributed by atoms with Crippen molar-refractivity contribution < 1.29 is 19.1 Å². The van der Waals surface area contributed by atoms with Crippen LogP contribution < -0.4 is 11.1 Å². The summed E-state index contributed by atoms with van der Waals surface area (Å²) >= 11 is 0. The Kier molecular flexibility index (Phi) is 4.69. The molecule has 9 nitrogen and oxygen atoms in total. The van der Waals surface area contributed by atoms with Crippen LogP contribution in [0.5, 0.6) is 0 Å². The number of carbonyl (C=O) groups excluding carboxylic acids is 3. The fourth-order valence-corrected chi connectivity index (χ4v) is 1.82. The summed E-state index contributed by atoms with van der Waals surface area (Å²) in [6.45, 7) is 3.00. The summed E-state index contributed by atoms with van der Waals surface area (Å²) in [5.41, 5.74) is 5.53. The second-order valence-electron chi connectivity index (χ2n) is 4.64. The number of imide groups is 1. The zero-order valence-electron chi connectivity index (χ0n) is 12.5. The Labute approximate surface area is 131 Å². The maximum atomic E-state index is 12.1. The molecule has 0 bridgehead atoms. The molecule has 0 aromatic carbocycles. The second kappa shape index (κ2) is 6.69. The summed E-state index contributed by atoms with van der Waals surface area (Å²) < 4.78 is 6.47. The number of pyridine rings is 1. The first kappa shape index (κ1) is 16.1. The highest BCUT2D eigenvalue weighted by molar-refractivity contribution is 5.98. The Morgan fingerprint density at radius 1 is 1.35 bits per heavy atom. The molecular formula is C14H15N5O4. The highest BCUT2D eigenvalue weighted by Crippen LogP contribution is 2.14. The van der Waals surface area contributed by atoms with Crippen molar-refractivity contribution >= 4 is 17.9 Å². The molecule has 2 rings (SSSR count). The van der Waals surface area contributed by atoms with Gasteiger partial charge in [0.1, 0.15) is 5.56 Å². The number of amides is 3. The molecule has 9 heteroatoms. The van der Waals surface area contributed by atoms with Crippen LogP contribution >= 0.6 is 0 Å². The van der Waals surface area contributed by atoms with Gasteiger partial charge in [0.2, 0.25) is 0 Å². The second-order valence-corrected chi connectivity index (χ2v) is 4.64. The number of aromatic nitrogens is 3. The average molecular weight is 317 g/mol. The van der Waals surface area contributed by atoms with E-state index in [4.69, 9.17) is 10.5 Å². The van der Waals surface area contributed by atoms with Crippen LogP contribution in [0.25, 0.3) is 5.82 Å². The maximum absolute atomic E-state index is 12.1. The summed E-state index contributed by atoms with van der Waals surface area (Å²) in [5, 5.41) is 5.92. The number of carbonyl (C=O) groups is 3. The molecule has 2 aromatic rings. The Bertz CT molecular complexity index is 741. The smallest absolute Gasteiger partial charge is 0.342 e. The quantitative estimate of drug-likeness (QED) is 0.781. The number of primary amides is 1. The Morgan fingerprint density at radius 3 is 2.70 bits per heavy atom. The molecule has 120 valence electrons. The SMILES string of the molecule is Cc1c(C(=O)OC(C)C(=O)NC(N)=O)cnn1-c1ccccn1. The van der Waals surface area contributed by atoms with Crippen molar-refractivity contribution in [2.75, 3.05) is 0 Å². The summed E-state index contributed by atoms with van der Waals surface area (Å²) in [6.07, 6.45) is 1.75. The van der Waals surface area contributed by atoms with E-state index >= 15 is 0 Å². The van der Waals surface area contributed by atoms with Crippen molar-refractivity contribution in [1.82, 2.24) is 20.1 Å². The van der Waals surface area contributed by atoms with Gasteiger partial charge >= 0.3 is 12.0 Å². The highest BCUT2D eigenvalue weighted by atomic mass is 16.5. The van der Waals surface area contributed by atoms with E-state index in [0.717, 1.165) is 0 Å². The minimum Gasteiger partial charge on any atom is -0.449 e. The fraction of sp³-hybridized carbons (Fsp3) is 0.214. The minimum absolute atomic E-state index is 0.189. The van der Waals surface area contributed by atoms with Crippen LogP contribution in [-0.4, -0.2) is 38.8 Å². The van der Waals surface area contributed by atoms with Crippen LogP contribution in [0.15, 0.2) is 30.6 Å². The number of nitrogens with one attached hydrogen (secondary N) is 1. The lowest BCUT2D eigenvalue weighted by Crippen LogP contribution is -2.42. The number of urea groups is 1. The standard InChI is InChI=1S/C14H15N5O4/c1-8-10(7-17-19(8)11-5-3-4-6-16-11)13(21)23-9(2)12(20)18-14(15)22/h3-7,9H,1-2H3,(H3,15,18,20,22). The van der Waals surface area contributed by atoms with Crippen LogP contribution in [0.3, 0.4) is 0 Å². The molecule has 0 aliphatic carbocycles. The van der Waals surface area contributed by atoms with Crippen molar-refractivity contribution in [3.05, 3.63) is 41.9 Å². The van der Waals surface area contributed by atoms with Crippen molar-refractivity contribution in [1.29, 1.82) is 0 Å². The molecule has 0 aliphatic rings. The van der Waals surface area contributed by atoms with Gasteiger partial charge in [0.05, 0.1) is 11.9 Å². The van der Waals surface area contributed by atoms with Crippen molar-refractivity contribution in [2.45, 2.75) is 20.0 Å². The number of esters is 1. The molecule has 2 aromatic heterocycles. The third kappa shape index (κ3) is 3.70. The molecule has 0 saturated heterocycles. The first-order valence-corrected chi connectivity index (χ1v) is 6.67. The topological polar surface area (TPSA) is 129 Å². The molecule has 1 unspecified atom stereocenters. The van der Waals surface area contributed by atoms with E-state index in [-0.39, 0.29) is 5.56 Å². The van der Waals surface area contributed by atoms with Gasteiger partial charge in [-0.15, -0.1) is 0 Å². The lowest BCUT2D eigenvalue weighted by atomic mass is 10.2. The number of hydrogen-bond donors (Lipinski definition) is 2. The van der Waals surface area contributed by atoms with E-state index in [1.807, 2.05) is 5.32 Å². The van der Waals surface area contributed by atoms with Crippen LogP contribution in [0.4, 0.5) is 4.79 Å². The van der Waals surface area contributed by atoms with E-state index in [1.54, 1.807) is 31.3 Å². The third-order valence-corrected chi connectivity index (χ3v) is 3.00. The van der Waals surface area contributed by atoms with Crippen LogP contribution in [0, 0.1) is 6.92 Å². The van der Waals surface area contributed by atoms with Crippen LogP contribution in [-0.2, 0) is 9.53 Å². The molecule has 0 aliphatic heterocycles. The lowest BCUT2D eigenvalue weighted by molar-refractivity contribution is -0.127. The molecule has 0 radical (unpaired) electrons. The van der Waals surface area contributed by atoms with Crippen molar-refractivity contribution in [3.63, 3.8) is 0 Å². The first-order chi connectivity index (χ1) is 10.9. The molecular weight excluding hydrogens is 302 g/mol. The first-order valence-electron chi connectivity index (χ1n) is 6.67. The molecule has 1 atom stereocenters. The monoisotopic (exact) mass is 317 g/mol. The van der Waals surface area contributed by atoms with Gasteiger partial charge in [0.15, 0.2) is 11.9 Å². The zero-order chi connectivity index (χ0) is 17.0. The van der Waals surface area contributed by atoms with Gasteiger partial charge in [-0.3, -0.25) is 10.1 Å². The minimum atomic E-state index is -1.17. The largest absolute Gasteiger partial charge is 0.449 e. The molecule has 2 heterocycles. The van der Waals surface area contributed by atoms with Gasteiger partial charge in [-0.2, -0.15) is 5.10 Å². The van der Waals surface area contributed by atoms with Gasteiger partial charge in [-0.25, -0.2) is 19.3 Å². The van der Waals surface area contributed by atoms with Crippen LogP contribution in [0.1, 0.15) is 23.0 Å². The summed E-state index contributed by atoms with van der Waals surface area (Å²) in [6, 6.07) is 4.27. The number of ether oxygens (including phenoxy) is 1. The van der Waals surface area contributed by atoms with Crippen molar-refractivity contribution in [3.8, 4) is 5.82 Å². The Morgan fingerprint density at radius 2 is 2.09 bits per heavy atom. The predicted octanol–water partition coefficient (Wildman–Crippen LogP) is 0.316. The van der Waals surface area contributed by atoms with E-state index in [0.29, 0.717) is 11.5 Å². The Hall–Kier alpha value is -3.23. The molecule has 23 heavy (non-hydrogen) atoms. The van der Waals surface area contributed by atoms with Crippen LogP contribution in [0.2, 0.25) is 0 Å². The molecule has 0 fully saturated rings. The molecule has 0 spiro atoms. The number of hydrogen-bond acceptors (Lipinski definition) is 6. The lowest BCUT2D eigenvalue weighted by Gasteiger charge is -2.11. The number of nitrogens with two attached hydrogens (primary N) is 1. The van der Waals surface area contributed by atoms with E-state index in [9.17, 15) is 14.4 Å². The van der Waals surface area contributed by atoms with Gasteiger partial charge < -0.3 is 10.5 Å². The van der Waals surface area contributed by atoms with Crippen molar-refractivity contribution in [2.24, 2.45) is 5.73 Å². The number of rotatable bonds is 4. The van der Waals surface area contributed by atoms with Gasteiger partial charge in [0, 0.05) is 6.20 Å². The van der Waals surface area contributed by atoms with Gasteiger partial charge in [-0.05, 0) is 26.0 Å². The summed E-state index contributed by atoms with van der Waals surface area (Å²) in [4.78, 5) is 38.4. The number of nitrogens with zero attached hydrogens (tertiary/aromatic N) is 3. The average Bonchev–Trinajstić information content (AvgIpc) is 2.89. The summed E-state index contributed by atoms with van der Waals surface area (Å²) in [7, 11) is 0.